The van der Waals surface area contributed by atoms with E-state index in [0.717, 1.165) is 35.5 Å². The number of aromatic nitrogens is 5. The lowest BCUT2D eigenvalue weighted by atomic mass is 9.95. The van der Waals surface area contributed by atoms with Crippen LogP contribution in [0.15, 0.2) is 47.7 Å². The molecule has 0 bridgehead atoms. The lowest BCUT2D eigenvalue weighted by Gasteiger charge is -2.13. The van der Waals surface area contributed by atoms with Crippen molar-refractivity contribution in [3.05, 3.63) is 64.5 Å². The Hall–Kier alpha value is -3.68. The zero-order chi connectivity index (χ0) is 19.6. The van der Waals surface area contributed by atoms with Gasteiger partial charge in [-0.05, 0) is 43.5 Å². The van der Waals surface area contributed by atoms with Crippen LogP contribution < -0.4 is 15.2 Å². The average Bonchev–Trinajstić information content (AvgIpc) is 3.28. The lowest BCUT2D eigenvalue weighted by molar-refractivity contribution is 0.321. The van der Waals surface area contributed by atoms with Crippen LogP contribution in [-0.4, -0.2) is 31.1 Å². The Morgan fingerprint density at radius 1 is 1.17 bits per heavy atom. The fourth-order valence-electron chi connectivity index (χ4n) is 4.03. The third kappa shape index (κ3) is 2.38. The van der Waals surface area contributed by atoms with Gasteiger partial charge in [0.25, 0.3) is 0 Å². The summed E-state index contributed by atoms with van der Waals surface area (Å²) in [7, 11) is 0. The number of aryl methyl sites for hydroxylation is 1. The smallest absolute Gasteiger partial charge is 0.332 e. The van der Waals surface area contributed by atoms with Gasteiger partial charge in [-0.2, -0.15) is 0 Å². The molecule has 1 aliphatic heterocycles. The SMILES string of the molecule is Cc1ccc(Oc2ncc(-n3c(=O)[nH]c4cccnc43)cn2)c2c1OCC21CC1. The van der Waals surface area contributed by atoms with E-state index in [-0.39, 0.29) is 17.1 Å². The zero-order valence-electron chi connectivity index (χ0n) is 15.7. The fourth-order valence-corrected chi connectivity index (χ4v) is 4.03. The summed E-state index contributed by atoms with van der Waals surface area (Å²) in [6.07, 6.45) is 6.97. The lowest BCUT2D eigenvalue weighted by Crippen LogP contribution is -2.15. The van der Waals surface area contributed by atoms with Gasteiger partial charge in [0.05, 0.1) is 30.2 Å². The summed E-state index contributed by atoms with van der Waals surface area (Å²) < 4.78 is 13.4. The molecule has 3 aromatic heterocycles. The highest BCUT2D eigenvalue weighted by molar-refractivity contribution is 5.72. The van der Waals surface area contributed by atoms with Crippen molar-refractivity contribution in [2.24, 2.45) is 0 Å². The van der Waals surface area contributed by atoms with Gasteiger partial charge < -0.3 is 14.5 Å². The number of pyridine rings is 1. The molecule has 1 aromatic carbocycles. The number of fused-ring (bicyclic) bond motifs is 3. The van der Waals surface area contributed by atoms with Gasteiger partial charge >= 0.3 is 11.7 Å². The fraction of sp³-hybridized carbons (Fsp3) is 0.238. The van der Waals surface area contributed by atoms with Gasteiger partial charge in [-0.15, -0.1) is 0 Å². The molecule has 8 nitrogen and oxygen atoms in total. The number of hydrogen-bond donors (Lipinski definition) is 1. The Labute approximate surface area is 165 Å². The van der Waals surface area contributed by atoms with E-state index in [1.807, 2.05) is 19.1 Å². The first-order valence-electron chi connectivity index (χ1n) is 9.48. The van der Waals surface area contributed by atoms with Crippen LogP contribution in [0.1, 0.15) is 24.0 Å². The highest BCUT2D eigenvalue weighted by Crippen LogP contribution is 2.59. The minimum atomic E-state index is -0.292. The van der Waals surface area contributed by atoms with Gasteiger partial charge in [0.2, 0.25) is 0 Å². The van der Waals surface area contributed by atoms with Crippen LogP contribution in [0.5, 0.6) is 17.5 Å². The number of ether oxygens (including phenoxy) is 2. The maximum Gasteiger partial charge on any atom is 0.332 e. The number of rotatable bonds is 3. The maximum atomic E-state index is 12.3. The molecule has 4 heterocycles. The summed E-state index contributed by atoms with van der Waals surface area (Å²) in [4.78, 5) is 28.0. The number of benzene rings is 1. The van der Waals surface area contributed by atoms with Gasteiger partial charge in [0, 0.05) is 17.2 Å². The van der Waals surface area contributed by atoms with Crippen molar-refractivity contribution in [1.82, 2.24) is 24.5 Å². The summed E-state index contributed by atoms with van der Waals surface area (Å²) in [6, 6.07) is 7.73. The van der Waals surface area contributed by atoms with Crippen LogP contribution in [0, 0.1) is 6.92 Å². The van der Waals surface area contributed by atoms with E-state index in [1.165, 1.54) is 4.57 Å². The molecule has 1 fully saturated rings. The molecule has 29 heavy (non-hydrogen) atoms. The average molecular weight is 387 g/mol. The molecule has 6 rings (SSSR count). The second-order valence-corrected chi connectivity index (χ2v) is 7.62. The van der Waals surface area contributed by atoms with Gasteiger partial charge in [0.1, 0.15) is 11.5 Å². The Morgan fingerprint density at radius 3 is 2.79 bits per heavy atom. The highest BCUT2D eigenvalue weighted by atomic mass is 16.5. The van der Waals surface area contributed by atoms with Crippen molar-refractivity contribution in [2.75, 3.05) is 6.61 Å². The van der Waals surface area contributed by atoms with E-state index in [2.05, 4.69) is 19.9 Å². The number of hydrogen-bond acceptors (Lipinski definition) is 6. The second kappa shape index (κ2) is 5.66. The van der Waals surface area contributed by atoms with Crippen molar-refractivity contribution >= 4 is 11.2 Å². The van der Waals surface area contributed by atoms with Crippen LogP contribution in [-0.2, 0) is 5.41 Å². The van der Waals surface area contributed by atoms with E-state index in [0.29, 0.717) is 23.5 Å². The van der Waals surface area contributed by atoms with E-state index in [1.54, 1.807) is 30.7 Å². The maximum absolute atomic E-state index is 12.3. The largest absolute Gasteiger partial charge is 0.492 e. The first-order valence-corrected chi connectivity index (χ1v) is 9.48. The summed E-state index contributed by atoms with van der Waals surface area (Å²) in [5.41, 5.74) is 3.73. The molecule has 0 amide bonds. The molecule has 1 N–H and O–H groups in total. The monoisotopic (exact) mass is 387 g/mol. The minimum absolute atomic E-state index is 0.0830. The molecule has 2 aliphatic rings. The normalized spacial score (nSPS) is 16.0. The second-order valence-electron chi connectivity index (χ2n) is 7.62. The first kappa shape index (κ1) is 16.3. The van der Waals surface area contributed by atoms with Gasteiger partial charge in [-0.3, -0.25) is 0 Å². The van der Waals surface area contributed by atoms with Crippen LogP contribution in [0.2, 0.25) is 0 Å². The van der Waals surface area contributed by atoms with Gasteiger partial charge in [-0.1, -0.05) is 6.07 Å². The van der Waals surface area contributed by atoms with Crippen LogP contribution in [0.3, 0.4) is 0 Å². The standard InChI is InChI=1S/C21H17N5O3/c1-12-4-5-15(16-17(12)28-11-21(16)6-7-21)29-19-23-9-13(10-24-19)26-18-14(25-20(26)27)3-2-8-22-18/h2-5,8-10H,6-7,11H2,1H3,(H,25,27). The molecule has 0 saturated heterocycles. The molecular weight excluding hydrogens is 370 g/mol. The Balaban J connectivity index is 1.36. The molecular formula is C21H17N5O3. The van der Waals surface area contributed by atoms with Crippen LogP contribution in [0.4, 0.5) is 0 Å². The number of aromatic amines is 1. The quantitative estimate of drug-likeness (QED) is 0.581. The Kier molecular flexibility index (Phi) is 3.18. The van der Waals surface area contributed by atoms with Crippen molar-refractivity contribution in [3.63, 3.8) is 0 Å². The predicted molar refractivity (Wildman–Crippen MR) is 105 cm³/mol. The van der Waals surface area contributed by atoms with Crippen molar-refractivity contribution < 1.29 is 9.47 Å². The van der Waals surface area contributed by atoms with Gasteiger partial charge in [-0.25, -0.2) is 24.3 Å². The molecule has 144 valence electrons. The first-order chi connectivity index (χ1) is 14.1. The van der Waals surface area contributed by atoms with Crippen LogP contribution in [0.25, 0.3) is 16.9 Å². The third-order valence-electron chi connectivity index (χ3n) is 5.71. The van der Waals surface area contributed by atoms with Crippen LogP contribution >= 0.6 is 0 Å². The molecule has 1 saturated carbocycles. The van der Waals surface area contributed by atoms with Crippen molar-refractivity contribution in [1.29, 1.82) is 0 Å². The van der Waals surface area contributed by atoms with Crippen molar-refractivity contribution in [2.45, 2.75) is 25.2 Å². The number of nitrogens with zero attached hydrogens (tertiary/aromatic N) is 4. The van der Waals surface area contributed by atoms with Crippen molar-refractivity contribution in [3.8, 4) is 23.2 Å². The number of H-pyrrole nitrogens is 1. The molecule has 1 aliphatic carbocycles. The molecule has 0 radical (unpaired) electrons. The number of imidazole rings is 1. The summed E-state index contributed by atoms with van der Waals surface area (Å²) in [5.74, 6) is 1.66. The highest BCUT2D eigenvalue weighted by Gasteiger charge is 2.53. The topological polar surface area (TPSA) is 94.9 Å². The van der Waals surface area contributed by atoms with Gasteiger partial charge in [0.15, 0.2) is 5.65 Å². The minimum Gasteiger partial charge on any atom is -0.492 e. The molecule has 1 spiro atoms. The molecule has 8 heteroatoms. The summed E-state index contributed by atoms with van der Waals surface area (Å²) in [6.45, 7) is 2.75. The summed E-state index contributed by atoms with van der Waals surface area (Å²) in [5, 5.41) is 0. The summed E-state index contributed by atoms with van der Waals surface area (Å²) >= 11 is 0. The molecule has 0 unspecified atom stereocenters. The van der Waals surface area contributed by atoms with E-state index in [9.17, 15) is 4.79 Å². The predicted octanol–water partition coefficient (Wildman–Crippen LogP) is 3.03. The molecule has 4 aromatic rings. The number of nitrogens with one attached hydrogen (secondary N) is 1. The van der Waals surface area contributed by atoms with E-state index < -0.39 is 0 Å². The Bertz CT molecular complexity index is 1320. The Morgan fingerprint density at radius 2 is 2.00 bits per heavy atom. The van der Waals surface area contributed by atoms with E-state index in [4.69, 9.17) is 9.47 Å². The van der Waals surface area contributed by atoms with E-state index >= 15 is 0 Å². The molecule has 0 atom stereocenters. The third-order valence-corrected chi connectivity index (χ3v) is 5.71. The zero-order valence-corrected chi connectivity index (χ0v) is 15.7.